The van der Waals surface area contributed by atoms with Crippen LogP contribution in [0.15, 0.2) is 47.3 Å². The topological polar surface area (TPSA) is 75.6 Å². The zero-order chi connectivity index (χ0) is 22.6. The number of aromatic amines is 1. The second kappa shape index (κ2) is 7.27. The quantitative estimate of drug-likeness (QED) is 0.458. The van der Waals surface area contributed by atoms with E-state index in [0.717, 1.165) is 12.1 Å². The van der Waals surface area contributed by atoms with E-state index in [-0.39, 0.29) is 23.4 Å². The van der Waals surface area contributed by atoms with Gasteiger partial charge < -0.3 is 10.3 Å². The highest BCUT2D eigenvalue weighted by Gasteiger charge is 2.32. The summed E-state index contributed by atoms with van der Waals surface area (Å²) in [6.07, 6.45) is -4.42. The zero-order valence-electron chi connectivity index (χ0n) is 16.8. The summed E-state index contributed by atoms with van der Waals surface area (Å²) in [4.78, 5) is 20.3. The second-order valence-electron chi connectivity index (χ2n) is 7.73. The third-order valence-electron chi connectivity index (χ3n) is 5.65. The first-order valence-electron chi connectivity index (χ1n) is 9.87. The van der Waals surface area contributed by atoms with Crippen LogP contribution in [0.4, 0.5) is 17.6 Å². The first kappa shape index (κ1) is 20.4. The number of alkyl halides is 3. The summed E-state index contributed by atoms with van der Waals surface area (Å²) in [7, 11) is 0. The lowest BCUT2D eigenvalue weighted by atomic mass is 10.0. The number of benzene rings is 2. The van der Waals surface area contributed by atoms with Crippen molar-refractivity contribution in [3.05, 3.63) is 81.0 Å². The molecule has 10 heteroatoms. The third-order valence-corrected chi connectivity index (χ3v) is 5.65. The Morgan fingerprint density at radius 1 is 1.16 bits per heavy atom. The molecule has 0 spiro atoms. The molecule has 0 radical (unpaired) electrons. The molecule has 2 aromatic heterocycles. The van der Waals surface area contributed by atoms with Crippen LogP contribution in [0, 0.1) is 12.7 Å². The van der Waals surface area contributed by atoms with Crippen LogP contribution >= 0.6 is 0 Å². The van der Waals surface area contributed by atoms with Gasteiger partial charge in [-0.25, -0.2) is 14.1 Å². The lowest BCUT2D eigenvalue weighted by Crippen LogP contribution is -2.33. The van der Waals surface area contributed by atoms with Crippen LogP contribution in [-0.4, -0.2) is 19.7 Å². The Morgan fingerprint density at radius 3 is 2.75 bits per heavy atom. The Balaban J connectivity index is 1.50. The van der Waals surface area contributed by atoms with Crippen molar-refractivity contribution in [2.75, 3.05) is 0 Å². The van der Waals surface area contributed by atoms with Crippen molar-refractivity contribution in [2.24, 2.45) is 0 Å². The van der Waals surface area contributed by atoms with Crippen LogP contribution in [-0.2, 0) is 19.3 Å². The fourth-order valence-electron chi connectivity index (χ4n) is 3.95. The molecule has 32 heavy (non-hydrogen) atoms. The fourth-order valence-corrected chi connectivity index (χ4v) is 3.95. The van der Waals surface area contributed by atoms with E-state index >= 15 is 0 Å². The fraction of sp³-hybridized carbons (Fsp3) is 0.227. The molecule has 3 heterocycles. The van der Waals surface area contributed by atoms with Gasteiger partial charge in [0.15, 0.2) is 11.3 Å². The number of halogens is 4. The van der Waals surface area contributed by atoms with Crippen molar-refractivity contribution >= 4 is 10.9 Å². The first-order valence-corrected chi connectivity index (χ1v) is 9.87. The average molecular weight is 443 g/mol. The summed E-state index contributed by atoms with van der Waals surface area (Å²) in [6, 6.07) is 8.73. The molecular formula is C22H17F4N5O. The summed E-state index contributed by atoms with van der Waals surface area (Å²) in [5.41, 5.74) is 0.716. The lowest BCUT2D eigenvalue weighted by molar-refractivity contribution is -0.137. The van der Waals surface area contributed by atoms with Crippen LogP contribution in [0.2, 0.25) is 0 Å². The molecular weight excluding hydrogens is 426 g/mol. The van der Waals surface area contributed by atoms with Crippen LogP contribution < -0.4 is 10.7 Å². The van der Waals surface area contributed by atoms with Gasteiger partial charge in [-0.05, 0) is 42.8 Å². The lowest BCUT2D eigenvalue weighted by Gasteiger charge is -2.25. The van der Waals surface area contributed by atoms with E-state index in [1.807, 2.05) is 0 Å². The molecule has 0 fully saturated rings. The van der Waals surface area contributed by atoms with E-state index in [1.54, 1.807) is 17.7 Å². The van der Waals surface area contributed by atoms with E-state index < -0.39 is 17.6 Å². The van der Waals surface area contributed by atoms with Gasteiger partial charge >= 0.3 is 6.18 Å². The maximum atomic E-state index is 13.5. The molecule has 5 rings (SSSR count). The van der Waals surface area contributed by atoms with Crippen LogP contribution in [0.5, 0.6) is 0 Å². The molecule has 164 valence electrons. The van der Waals surface area contributed by atoms with Gasteiger partial charge in [-0.2, -0.15) is 13.2 Å². The van der Waals surface area contributed by atoms with E-state index in [1.165, 1.54) is 24.3 Å². The number of H-pyrrole nitrogens is 1. The van der Waals surface area contributed by atoms with E-state index in [2.05, 4.69) is 20.4 Å². The molecule has 0 amide bonds. The molecule has 0 saturated heterocycles. The minimum absolute atomic E-state index is 0.237. The van der Waals surface area contributed by atoms with Crippen molar-refractivity contribution in [3.63, 3.8) is 0 Å². The van der Waals surface area contributed by atoms with Crippen molar-refractivity contribution < 1.29 is 17.6 Å². The molecule has 1 aliphatic heterocycles. The smallest absolute Gasteiger partial charge is 0.351 e. The summed E-state index contributed by atoms with van der Waals surface area (Å²) in [5, 5.41) is 7.92. The highest BCUT2D eigenvalue weighted by Crippen LogP contribution is 2.32. The van der Waals surface area contributed by atoms with Crippen molar-refractivity contribution in [1.82, 2.24) is 25.1 Å². The summed E-state index contributed by atoms with van der Waals surface area (Å²) in [5.74, 6) is 0.396. The Hall–Kier alpha value is -3.53. The Bertz CT molecular complexity index is 1410. The van der Waals surface area contributed by atoms with Gasteiger partial charge in [0, 0.05) is 10.9 Å². The predicted molar refractivity (Wildman–Crippen MR) is 109 cm³/mol. The van der Waals surface area contributed by atoms with Gasteiger partial charge in [0.05, 0.1) is 35.9 Å². The molecule has 1 unspecified atom stereocenters. The maximum absolute atomic E-state index is 13.5. The Labute approximate surface area is 178 Å². The monoisotopic (exact) mass is 443 g/mol. The average Bonchev–Trinajstić information content (AvgIpc) is 3.19. The molecule has 6 nitrogen and oxygen atoms in total. The highest BCUT2D eigenvalue weighted by molar-refractivity contribution is 5.82. The van der Waals surface area contributed by atoms with Gasteiger partial charge in [0.1, 0.15) is 11.6 Å². The van der Waals surface area contributed by atoms with Crippen molar-refractivity contribution in [3.8, 4) is 11.5 Å². The summed E-state index contributed by atoms with van der Waals surface area (Å²) in [6.45, 7) is 2.20. The molecule has 4 aromatic rings. The summed E-state index contributed by atoms with van der Waals surface area (Å²) < 4.78 is 54.4. The largest absolute Gasteiger partial charge is 0.416 e. The number of hydrogen-bond donors (Lipinski definition) is 2. The maximum Gasteiger partial charge on any atom is 0.416 e. The highest BCUT2D eigenvalue weighted by atomic mass is 19.4. The van der Waals surface area contributed by atoms with E-state index in [4.69, 9.17) is 0 Å². The number of nitrogens with one attached hydrogen (secondary N) is 2. The number of fused-ring (bicyclic) bond motifs is 2. The molecule has 1 atom stereocenters. The minimum atomic E-state index is -4.42. The van der Waals surface area contributed by atoms with Crippen LogP contribution in [0.3, 0.4) is 0 Å². The van der Waals surface area contributed by atoms with E-state index in [9.17, 15) is 22.4 Å². The number of rotatable bonds is 2. The van der Waals surface area contributed by atoms with Crippen molar-refractivity contribution in [1.29, 1.82) is 0 Å². The standard InChI is InChI=1S/C22H17F4N5O/c1-11-19(28-16-6-5-14(23)8-15(16)20(11)32)21-29-18-9-27-17(10-31(18)30-21)12-3-2-4-13(7-12)22(24,25)26/h2-8,17,27H,9-10H2,1H3,(H,28,32). The normalized spacial score (nSPS) is 16.3. The molecule has 0 aliphatic carbocycles. The van der Waals surface area contributed by atoms with Gasteiger partial charge in [-0.1, -0.05) is 12.1 Å². The number of nitrogens with zero attached hydrogens (tertiary/aromatic N) is 3. The van der Waals surface area contributed by atoms with Gasteiger partial charge in [0.2, 0.25) is 0 Å². The molecule has 1 aliphatic rings. The molecule has 0 saturated carbocycles. The number of hydrogen-bond acceptors (Lipinski definition) is 4. The van der Waals surface area contributed by atoms with Crippen LogP contribution in [0.1, 0.15) is 28.6 Å². The second-order valence-corrected chi connectivity index (χ2v) is 7.73. The number of pyridine rings is 1. The third kappa shape index (κ3) is 3.46. The minimum Gasteiger partial charge on any atom is -0.351 e. The van der Waals surface area contributed by atoms with Gasteiger partial charge in [-0.3, -0.25) is 4.79 Å². The van der Waals surface area contributed by atoms with Crippen molar-refractivity contribution in [2.45, 2.75) is 32.2 Å². The van der Waals surface area contributed by atoms with Gasteiger partial charge in [-0.15, -0.1) is 5.10 Å². The Kier molecular flexibility index (Phi) is 4.63. The molecule has 2 aromatic carbocycles. The first-order chi connectivity index (χ1) is 15.2. The molecule has 2 N–H and O–H groups in total. The van der Waals surface area contributed by atoms with Crippen LogP contribution in [0.25, 0.3) is 22.4 Å². The summed E-state index contributed by atoms with van der Waals surface area (Å²) >= 11 is 0. The number of aromatic nitrogens is 4. The predicted octanol–water partition coefficient (Wildman–Crippen LogP) is 4.10. The Morgan fingerprint density at radius 2 is 1.97 bits per heavy atom. The molecule has 0 bridgehead atoms. The van der Waals surface area contributed by atoms with Gasteiger partial charge in [0.25, 0.3) is 0 Å². The van der Waals surface area contributed by atoms with E-state index in [0.29, 0.717) is 40.5 Å². The zero-order valence-corrected chi connectivity index (χ0v) is 16.8. The SMILES string of the molecule is Cc1c(-c2nc3n(n2)CC(c2cccc(C(F)(F)F)c2)NC3)[nH]c2ccc(F)cc2c1=O.